The molecule has 8 nitrogen and oxygen atoms in total. The number of rotatable bonds is 7. The van der Waals surface area contributed by atoms with Crippen molar-refractivity contribution >= 4 is 27.3 Å². The van der Waals surface area contributed by atoms with Crippen molar-refractivity contribution in [3.8, 4) is 0 Å². The second kappa shape index (κ2) is 10.2. The van der Waals surface area contributed by atoms with Crippen molar-refractivity contribution in [2.24, 2.45) is 0 Å². The Kier molecular flexibility index (Phi) is 7.36. The first-order valence-corrected chi connectivity index (χ1v) is 12.7. The van der Waals surface area contributed by atoms with Crippen LogP contribution >= 0.6 is 11.3 Å². The second-order valence-corrected chi connectivity index (χ2v) is 10.3. The van der Waals surface area contributed by atoms with Crippen molar-refractivity contribution in [3.63, 3.8) is 0 Å². The van der Waals surface area contributed by atoms with E-state index in [1.807, 2.05) is 11.4 Å². The van der Waals surface area contributed by atoms with E-state index >= 15 is 0 Å². The molecule has 168 valence electrons. The summed E-state index contributed by atoms with van der Waals surface area (Å²) in [5.41, 5.74) is 0.167. The lowest BCUT2D eigenvalue weighted by molar-refractivity contribution is 0.0169. The van der Waals surface area contributed by atoms with Gasteiger partial charge in [0.1, 0.15) is 0 Å². The number of carbonyl (C=O) groups is 1. The summed E-state index contributed by atoms with van der Waals surface area (Å²) < 4.78 is 38.4. The lowest BCUT2D eigenvalue weighted by atomic mass is 10.1. The third-order valence-corrected chi connectivity index (χ3v) is 8.46. The third-order valence-electron chi connectivity index (χ3n) is 5.53. The van der Waals surface area contributed by atoms with Crippen LogP contribution in [-0.2, 0) is 19.5 Å². The van der Waals surface area contributed by atoms with Crippen molar-refractivity contribution in [1.29, 1.82) is 0 Å². The van der Waals surface area contributed by atoms with Gasteiger partial charge in [-0.05, 0) is 23.6 Å². The maximum Gasteiger partial charge on any atom is 0.252 e. The van der Waals surface area contributed by atoms with E-state index in [4.69, 9.17) is 9.47 Å². The molecule has 0 saturated carbocycles. The maximum absolute atomic E-state index is 13.2. The molecule has 1 aromatic carbocycles. The Morgan fingerprint density at radius 1 is 1.00 bits per heavy atom. The molecule has 1 N–H and O–H groups in total. The van der Waals surface area contributed by atoms with E-state index in [2.05, 4.69) is 16.3 Å². The predicted molar refractivity (Wildman–Crippen MR) is 118 cm³/mol. The number of hydrogen-bond acceptors (Lipinski definition) is 7. The largest absolute Gasteiger partial charge is 0.379 e. The number of carbonyl (C=O) groups excluding carboxylic acids is 1. The van der Waals surface area contributed by atoms with Crippen molar-refractivity contribution in [2.45, 2.75) is 10.9 Å². The van der Waals surface area contributed by atoms with Crippen LogP contribution in [0.1, 0.15) is 21.3 Å². The summed E-state index contributed by atoms with van der Waals surface area (Å²) in [6.45, 7) is 4.59. The highest BCUT2D eigenvalue weighted by molar-refractivity contribution is 7.89. The molecule has 2 aliphatic rings. The molecule has 0 radical (unpaired) electrons. The highest BCUT2D eigenvalue weighted by atomic mass is 32.2. The van der Waals surface area contributed by atoms with Gasteiger partial charge in [-0.3, -0.25) is 9.69 Å². The van der Waals surface area contributed by atoms with Crippen LogP contribution in [0.2, 0.25) is 0 Å². The number of sulfonamides is 1. The Balaban J connectivity index is 1.52. The fraction of sp³-hybridized carbons (Fsp3) is 0.476. The van der Waals surface area contributed by atoms with E-state index < -0.39 is 10.0 Å². The normalized spacial score (nSPS) is 19.7. The average Bonchev–Trinajstić information content (AvgIpc) is 3.35. The van der Waals surface area contributed by atoms with Gasteiger partial charge in [-0.2, -0.15) is 4.31 Å². The number of ether oxygens (including phenoxy) is 2. The number of thiophene rings is 1. The molecule has 1 atom stereocenters. The van der Waals surface area contributed by atoms with Gasteiger partial charge < -0.3 is 14.8 Å². The first kappa shape index (κ1) is 22.4. The lowest BCUT2D eigenvalue weighted by Gasteiger charge is -2.34. The van der Waals surface area contributed by atoms with Gasteiger partial charge in [0.2, 0.25) is 10.0 Å². The molecule has 2 aromatic rings. The topological polar surface area (TPSA) is 88.2 Å². The summed E-state index contributed by atoms with van der Waals surface area (Å²) in [5, 5.41) is 5.00. The SMILES string of the molecule is O=C(NCC(c1cccs1)N1CCOCC1)c1ccccc1S(=O)(=O)N1CCOCC1. The third kappa shape index (κ3) is 5.16. The molecular formula is C21H27N3O5S2. The van der Waals surface area contributed by atoms with E-state index in [1.54, 1.807) is 29.5 Å². The van der Waals surface area contributed by atoms with E-state index in [9.17, 15) is 13.2 Å². The minimum absolute atomic E-state index is 0.0239. The molecule has 2 saturated heterocycles. The summed E-state index contributed by atoms with van der Waals surface area (Å²) in [7, 11) is -3.77. The van der Waals surface area contributed by atoms with Crippen LogP contribution in [0.15, 0.2) is 46.7 Å². The van der Waals surface area contributed by atoms with Gasteiger partial charge >= 0.3 is 0 Å². The van der Waals surface area contributed by atoms with Crippen molar-refractivity contribution < 1.29 is 22.7 Å². The average molecular weight is 466 g/mol. The molecule has 1 aromatic heterocycles. The van der Waals surface area contributed by atoms with Crippen LogP contribution in [0.25, 0.3) is 0 Å². The first-order chi connectivity index (χ1) is 15.1. The summed E-state index contributed by atoms with van der Waals surface area (Å²) >= 11 is 1.65. The number of nitrogens with one attached hydrogen (secondary N) is 1. The Hall–Kier alpha value is -1.82. The highest BCUT2D eigenvalue weighted by Crippen LogP contribution is 2.26. The van der Waals surface area contributed by atoms with Crippen molar-refractivity contribution in [1.82, 2.24) is 14.5 Å². The Bertz CT molecular complexity index is 969. The first-order valence-electron chi connectivity index (χ1n) is 10.4. The van der Waals surface area contributed by atoms with E-state index in [0.29, 0.717) is 33.0 Å². The molecule has 0 spiro atoms. The van der Waals surface area contributed by atoms with E-state index in [1.165, 1.54) is 10.4 Å². The molecule has 2 aliphatic heterocycles. The zero-order valence-corrected chi connectivity index (χ0v) is 18.9. The highest BCUT2D eigenvalue weighted by Gasteiger charge is 2.31. The van der Waals surface area contributed by atoms with Gasteiger partial charge in [0.05, 0.1) is 42.9 Å². The maximum atomic E-state index is 13.2. The van der Waals surface area contributed by atoms with Crippen LogP contribution in [-0.4, -0.2) is 82.7 Å². The van der Waals surface area contributed by atoms with Crippen LogP contribution < -0.4 is 5.32 Å². The van der Waals surface area contributed by atoms with Gasteiger partial charge in [0, 0.05) is 37.6 Å². The fourth-order valence-corrected chi connectivity index (χ4v) is 6.33. The van der Waals surface area contributed by atoms with Gasteiger partial charge in [-0.1, -0.05) is 18.2 Å². The molecule has 10 heteroatoms. The van der Waals surface area contributed by atoms with E-state index in [0.717, 1.165) is 18.0 Å². The molecular weight excluding hydrogens is 438 g/mol. The fourth-order valence-electron chi connectivity index (χ4n) is 3.87. The van der Waals surface area contributed by atoms with Crippen LogP contribution in [0.3, 0.4) is 0 Å². The van der Waals surface area contributed by atoms with Gasteiger partial charge in [0.15, 0.2) is 0 Å². The predicted octanol–water partition coefficient (Wildman–Crippen LogP) is 1.57. The van der Waals surface area contributed by atoms with Gasteiger partial charge in [0.25, 0.3) is 5.91 Å². The number of amides is 1. The van der Waals surface area contributed by atoms with Crippen LogP contribution in [0.5, 0.6) is 0 Å². The summed E-state index contributed by atoms with van der Waals surface area (Å²) in [4.78, 5) is 16.6. The summed E-state index contributed by atoms with van der Waals surface area (Å²) in [6, 6.07) is 10.5. The Labute approximate surface area is 186 Å². The molecule has 31 heavy (non-hydrogen) atoms. The second-order valence-electron chi connectivity index (χ2n) is 7.40. The number of nitrogens with zero attached hydrogens (tertiary/aromatic N) is 2. The minimum Gasteiger partial charge on any atom is -0.379 e. The monoisotopic (exact) mass is 465 g/mol. The van der Waals surface area contributed by atoms with Crippen LogP contribution in [0.4, 0.5) is 0 Å². The summed E-state index contributed by atoms with van der Waals surface area (Å²) in [6.07, 6.45) is 0. The van der Waals surface area contributed by atoms with Crippen molar-refractivity contribution in [2.75, 3.05) is 59.2 Å². The smallest absolute Gasteiger partial charge is 0.252 e. The standard InChI is InChI=1S/C21H27N3O5S2/c25-21(22-16-18(19-5-3-15-30-19)23-7-11-28-12-8-23)17-4-1-2-6-20(17)31(26,27)24-9-13-29-14-10-24/h1-6,15,18H,7-14,16H2,(H,22,25). The van der Waals surface area contributed by atoms with E-state index in [-0.39, 0.29) is 35.5 Å². The molecule has 4 rings (SSSR count). The molecule has 2 fully saturated rings. The number of hydrogen-bond donors (Lipinski definition) is 1. The zero-order valence-electron chi connectivity index (χ0n) is 17.2. The molecule has 0 aliphatic carbocycles. The molecule has 0 bridgehead atoms. The van der Waals surface area contributed by atoms with Gasteiger partial charge in [-0.15, -0.1) is 11.3 Å². The lowest BCUT2D eigenvalue weighted by Crippen LogP contribution is -2.44. The Morgan fingerprint density at radius 2 is 1.68 bits per heavy atom. The number of benzene rings is 1. The minimum atomic E-state index is -3.77. The number of morpholine rings is 2. The molecule has 3 heterocycles. The van der Waals surface area contributed by atoms with Crippen LogP contribution in [0, 0.1) is 0 Å². The quantitative estimate of drug-likeness (QED) is 0.668. The zero-order chi connectivity index (χ0) is 21.7. The Morgan fingerprint density at radius 3 is 2.35 bits per heavy atom. The van der Waals surface area contributed by atoms with Gasteiger partial charge in [-0.25, -0.2) is 8.42 Å². The molecule has 1 unspecified atom stereocenters. The molecule has 1 amide bonds. The van der Waals surface area contributed by atoms with Crippen molar-refractivity contribution in [3.05, 3.63) is 52.2 Å². The summed E-state index contributed by atoms with van der Waals surface area (Å²) in [5.74, 6) is -0.387.